The number of benzene rings is 2. The van der Waals surface area contributed by atoms with Crippen LogP contribution < -0.4 is 0 Å². The Kier molecular flexibility index (Phi) is 3.72. The molecule has 1 aliphatic carbocycles. The van der Waals surface area contributed by atoms with Crippen LogP contribution in [-0.2, 0) is 6.42 Å². The maximum absolute atomic E-state index is 12.7. The quantitative estimate of drug-likeness (QED) is 0.911. The van der Waals surface area contributed by atoms with Crippen LogP contribution in [0.15, 0.2) is 46.9 Å². The zero-order valence-corrected chi connectivity index (χ0v) is 12.6. The number of ketones is 1. The van der Waals surface area contributed by atoms with E-state index in [1.165, 1.54) is 0 Å². The molecule has 2 aromatic carbocycles. The van der Waals surface area contributed by atoms with Crippen molar-refractivity contribution in [3.8, 4) is 0 Å². The van der Waals surface area contributed by atoms with Crippen LogP contribution in [0.1, 0.15) is 39.4 Å². The number of aliphatic hydroxyl groups is 1. The van der Waals surface area contributed by atoms with E-state index in [0.717, 1.165) is 33.1 Å². The second-order valence-electron chi connectivity index (χ2n) is 5.13. The largest absolute Gasteiger partial charge is 0.396 e. The molecule has 0 radical (unpaired) electrons. The van der Waals surface area contributed by atoms with Gasteiger partial charge in [0.15, 0.2) is 5.78 Å². The van der Waals surface area contributed by atoms with E-state index in [0.29, 0.717) is 6.42 Å². The number of hydrogen-bond acceptors (Lipinski definition) is 2. The van der Waals surface area contributed by atoms with Crippen LogP contribution in [0.4, 0.5) is 0 Å². The predicted octanol–water partition coefficient (Wildman–Crippen LogP) is 3.70. The highest BCUT2D eigenvalue weighted by molar-refractivity contribution is 9.10. The van der Waals surface area contributed by atoms with Gasteiger partial charge in [-0.15, -0.1) is 0 Å². The SMILES string of the molecule is O=C1c2ccc(Br)cc2CC(CCO)c2ccccc21. The smallest absolute Gasteiger partial charge is 0.193 e. The third-order valence-electron chi connectivity index (χ3n) is 3.90. The van der Waals surface area contributed by atoms with Gasteiger partial charge < -0.3 is 5.11 Å². The third-order valence-corrected chi connectivity index (χ3v) is 4.39. The molecule has 0 aromatic heterocycles. The molecule has 0 aliphatic heterocycles. The fourth-order valence-corrected chi connectivity index (χ4v) is 3.35. The lowest BCUT2D eigenvalue weighted by Gasteiger charge is -2.16. The third kappa shape index (κ3) is 2.32. The van der Waals surface area contributed by atoms with E-state index < -0.39 is 0 Å². The van der Waals surface area contributed by atoms with Crippen molar-refractivity contribution in [1.82, 2.24) is 0 Å². The van der Waals surface area contributed by atoms with E-state index in [9.17, 15) is 9.90 Å². The van der Waals surface area contributed by atoms with Gasteiger partial charge in [-0.3, -0.25) is 4.79 Å². The van der Waals surface area contributed by atoms with E-state index in [-0.39, 0.29) is 18.3 Å². The lowest BCUT2D eigenvalue weighted by atomic mass is 9.89. The van der Waals surface area contributed by atoms with Crippen LogP contribution in [0.2, 0.25) is 0 Å². The average molecular weight is 331 g/mol. The maximum atomic E-state index is 12.7. The zero-order chi connectivity index (χ0) is 14.1. The standard InChI is InChI=1S/C17H15BrO2/c18-13-5-6-15-12(10-13)9-11(7-8-19)14-3-1-2-4-16(14)17(15)20/h1-6,10-11,19H,7-9H2. The summed E-state index contributed by atoms with van der Waals surface area (Å²) in [5.74, 6) is 0.277. The van der Waals surface area contributed by atoms with Crippen molar-refractivity contribution in [1.29, 1.82) is 0 Å². The van der Waals surface area contributed by atoms with Crippen molar-refractivity contribution in [2.45, 2.75) is 18.8 Å². The highest BCUT2D eigenvalue weighted by atomic mass is 79.9. The summed E-state index contributed by atoms with van der Waals surface area (Å²) in [6.07, 6.45) is 1.47. The Labute approximate surface area is 126 Å². The molecule has 20 heavy (non-hydrogen) atoms. The monoisotopic (exact) mass is 330 g/mol. The first-order valence-corrected chi connectivity index (χ1v) is 7.53. The topological polar surface area (TPSA) is 37.3 Å². The van der Waals surface area contributed by atoms with E-state index in [1.807, 2.05) is 42.5 Å². The number of hydrogen-bond donors (Lipinski definition) is 1. The molecule has 1 atom stereocenters. The molecule has 3 rings (SSSR count). The molecule has 3 heteroatoms. The van der Waals surface area contributed by atoms with Gasteiger partial charge in [0, 0.05) is 22.2 Å². The molecular formula is C17H15BrO2. The number of fused-ring (bicyclic) bond motifs is 2. The lowest BCUT2D eigenvalue weighted by molar-refractivity contribution is 0.103. The van der Waals surface area contributed by atoms with Crippen LogP contribution in [0, 0.1) is 0 Å². The van der Waals surface area contributed by atoms with Crippen LogP contribution in [0.3, 0.4) is 0 Å². The van der Waals surface area contributed by atoms with Crippen molar-refractivity contribution in [3.05, 3.63) is 69.2 Å². The Morgan fingerprint density at radius 1 is 1.15 bits per heavy atom. The van der Waals surface area contributed by atoms with Gasteiger partial charge in [0.2, 0.25) is 0 Å². The van der Waals surface area contributed by atoms with Crippen LogP contribution in [0.5, 0.6) is 0 Å². The number of aliphatic hydroxyl groups excluding tert-OH is 1. The van der Waals surface area contributed by atoms with E-state index in [4.69, 9.17) is 0 Å². The number of carbonyl (C=O) groups excluding carboxylic acids is 1. The van der Waals surface area contributed by atoms with Crippen molar-refractivity contribution in [2.24, 2.45) is 0 Å². The number of halogens is 1. The van der Waals surface area contributed by atoms with Crippen molar-refractivity contribution in [3.63, 3.8) is 0 Å². The molecule has 1 N–H and O–H groups in total. The van der Waals surface area contributed by atoms with Gasteiger partial charge in [-0.1, -0.05) is 40.2 Å². The van der Waals surface area contributed by atoms with E-state index in [2.05, 4.69) is 15.9 Å². The number of rotatable bonds is 2. The highest BCUT2D eigenvalue weighted by Gasteiger charge is 2.26. The summed E-state index contributed by atoms with van der Waals surface area (Å²) in [5.41, 5.74) is 3.66. The van der Waals surface area contributed by atoms with Crippen molar-refractivity contribution < 1.29 is 9.90 Å². The zero-order valence-electron chi connectivity index (χ0n) is 11.0. The molecule has 0 heterocycles. The summed E-state index contributed by atoms with van der Waals surface area (Å²) in [5, 5.41) is 9.31. The molecule has 0 bridgehead atoms. The molecule has 102 valence electrons. The normalized spacial score (nSPS) is 17.3. The average Bonchev–Trinajstić information content (AvgIpc) is 2.56. The summed E-state index contributed by atoms with van der Waals surface area (Å²) in [7, 11) is 0. The van der Waals surface area contributed by atoms with Crippen LogP contribution >= 0.6 is 15.9 Å². The summed E-state index contributed by atoms with van der Waals surface area (Å²) in [6, 6.07) is 13.6. The minimum absolute atomic E-state index is 0.0866. The Morgan fingerprint density at radius 3 is 2.75 bits per heavy atom. The maximum Gasteiger partial charge on any atom is 0.193 e. The van der Waals surface area contributed by atoms with Gasteiger partial charge in [0.25, 0.3) is 0 Å². The molecule has 1 aliphatic rings. The second-order valence-corrected chi connectivity index (χ2v) is 6.05. The van der Waals surface area contributed by atoms with Gasteiger partial charge in [-0.25, -0.2) is 0 Å². The molecule has 0 spiro atoms. The molecule has 1 unspecified atom stereocenters. The highest BCUT2D eigenvalue weighted by Crippen LogP contribution is 2.34. The summed E-state index contributed by atoms with van der Waals surface area (Å²) >= 11 is 3.47. The minimum Gasteiger partial charge on any atom is -0.396 e. The Balaban J connectivity index is 2.19. The Hall–Kier alpha value is -1.45. The minimum atomic E-state index is 0.0866. The van der Waals surface area contributed by atoms with E-state index >= 15 is 0 Å². The Morgan fingerprint density at radius 2 is 1.95 bits per heavy atom. The lowest BCUT2D eigenvalue weighted by Crippen LogP contribution is -2.06. The summed E-state index contributed by atoms with van der Waals surface area (Å²) in [4.78, 5) is 12.7. The van der Waals surface area contributed by atoms with Crippen molar-refractivity contribution in [2.75, 3.05) is 6.61 Å². The fourth-order valence-electron chi connectivity index (χ4n) is 2.95. The van der Waals surface area contributed by atoms with Gasteiger partial charge >= 0.3 is 0 Å². The second kappa shape index (κ2) is 5.51. The van der Waals surface area contributed by atoms with Crippen LogP contribution in [-0.4, -0.2) is 17.5 Å². The molecule has 2 aromatic rings. The van der Waals surface area contributed by atoms with Gasteiger partial charge in [-0.2, -0.15) is 0 Å². The summed E-state index contributed by atoms with van der Waals surface area (Å²) in [6.45, 7) is 0.135. The Bertz CT molecular complexity index is 664. The van der Waals surface area contributed by atoms with Crippen molar-refractivity contribution >= 4 is 21.7 Å². The van der Waals surface area contributed by atoms with Crippen LogP contribution in [0.25, 0.3) is 0 Å². The molecule has 0 saturated heterocycles. The molecule has 2 nitrogen and oxygen atoms in total. The summed E-state index contributed by atoms with van der Waals surface area (Å²) < 4.78 is 0.984. The first-order chi connectivity index (χ1) is 9.70. The molecule has 0 amide bonds. The molecule has 0 saturated carbocycles. The fraction of sp³-hybridized carbons (Fsp3) is 0.235. The first kappa shape index (κ1) is 13.5. The van der Waals surface area contributed by atoms with Gasteiger partial charge in [-0.05, 0) is 48.1 Å². The molecular weight excluding hydrogens is 316 g/mol. The number of carbonyl (C=O) groups is 1. The first-order valence-electron chi connectivity index (χ1n) is 6.73. The van der Waals surface area contributed by atoms with E-state index in [1.54, 1.807) is 0 Å². The molecule has 0 fully saturated rings. The predicted molar refractivity (Wildman–Crippen MR) is 82.2 cm³/mol. The van der Waals surface area contributed by atoms with Gasteiger partial charge in [0.1, 0.15) is 0 Å². The van der Waals surface area contributed by atoms with Gasteiger partial charge in [0.05, 0.1) is 0 Å².